The van der Waals surface area contributed by atoms with Crippen LogP contribution >= 0.6 is 0 Å². The molecule has 1 aliphatic heterocycles. The number of aryl methyl sites for hydroxylation is 1. The molecular formula is C25H29N5O2. The molecule has 0 spiro atoms. The Kier molecular flexibility index (Phi) is 6.63. The maximum Gasteiger partial charge on any atom is 0.223 e. The molecule has 1 aliphatic rings. The number of hydrogen-bond donors (Lipinski definition) is 1. The third-order valence-electron chi connectivity index (χ3n) is 6.09. The van der Waals surface area contributed by atoms with Crippen LogP contribution in [0.3, 0.4) is 0 Å². The number of nitrogens with zero attached hydrogens (tertiary/aromatic N) is 4. The summed E-state index contributed by atoms with van der Waals surface area (Å²) in [5.74, 6) is 2.63. The Morgan fingerprint density at radius 2 is 1.75 bits per heavy atom. The molecular weight excluding hydrogens is 402 g/mol. The molecule has 0 atom stereocenters. The number of pyridine rings is 1. The van der Waals surface area contributed by atoms with Crippen LogP contribution in [0, 0.1) is 19.8 Å². The topological polar surface area (TPSA) is 80.2 Å². The van der Waals surface area contributed by atoms with Gasteiger partial charge in [0.1, 0.15) is 11.6 Å². The number of ether oxygens (including phenoxy) is 1. The molecule has 1 aromatic carbocycles. The van der Waals surface area contributed by atoms with E-state index in [2.05, 4.69) is 27.1 Å². The summed E-state index contributed by atoms with van der Waals surface area (Å²) in [5.41, 5.74) is 4.08. The molecule has 1 amide bonds. The fraction of sp³-hybridized carbons (Fsp3) is 0.360. The number of aromatic nitrogens is 3. The lowest BCUT2D eigenvalue weighted by Gasteiger charge is -2.33. The Morgan fingerprint density at radius 1 is 1.06 bits per heavy atom. The molecule has 1 fully saturated rings. The molecule has 0 saturated carbocycles. The summed E-state index contributed by atoms with van der Waals surface area (Å²) in [4.78, 5) is 28.6. The number of rotatable bonds is 6. The fourth-order valence-electron chi connectivity index (χ4n) is 3.98. The lowest BCUT2D eigenvalue weighted by molar-refractivity contribution is -0.125. The zero-order valence-corrected chi connectivity index (χ0v) is 18.8. The highest BCUT2D eigenvalue weighted by Gasteiger charge is 2.27. The van der Waals surface area contributed by atoms with Gasteiger partial charge in [-0.25, -0.2) is 9.97 Å². The van der Waals surface area contributed by atoms with Gasteiger partial charge in [0.25, 0.3) is 0 Å². The zero-order valence-electron chi connectivity index (χ0n) is 18.8. The van der Waals surface area contributed by atoms with Crippen molar-refractivity contribution in [2.75, 3.05) is 25.1 Å². The van der Waals surface area contributed by atoms with Crippen molar-refractivity contribution in [2.45, 2.75) is 33.2 Å². The van der Waals surface area contributed by atoms with Gasteiger partial charge in [-0.15, -0.1) is 0 Å². The molecule has 0 bridgehead atoms. The minimum Gasteiger partial charge on any atom is -0.497 e. The van der Waals surface area contributed by atoms with Crippen LogP contribution in [0.5, 0.6) is 5.75 Å². The van der Waals surface area contributed by atoms with Crippen LogP contribution in [-0.2, 0) is 11.3 Å². The van der Waals surface area contributed by atoms with E-state index in [1.807, 2.05) is 43.3 Å². The average molecular weight is 432 g/mol. The maximum absolute atomic E-state index is 12.7. The lowest BCUT2D eigenvalue weighted by Crippen LogP contribution is -2.41. The predicted octanol–water partition coefficient (Wildman–Crippen LogP) is 3.70. The number of hydrogen-bond acceptors (Lipinski definition) is 6. The van der Waals surface area contributed by atoms with Crippen molar-refractivity contribution in [1.82, 2.24) is 20.3 Å². The van der Waals surface area contributed by atoms with E-state index < -0.39 is 0 Å². The molecule has 7 heteroatoms. The second kappa shape index (κ2) is 9.77. The maximum atomic E-state index is 12.7. The van der Waals surface area contributed by atoms with E-state index in [0.717, 1.165) is 59.9 Å². The average Bonchev–Trinajstić information content (AvgIpc) is 2.85. The summed E-state index contributed by atoms with van der Waals surface area (Å²) in [6, 6.07) is 11.6. The van der Waals surface area contributed by atoms with Gasteiger partial charge in [0.2, 0.25) is 5.91 Å². The monoisotopic (exact) mass is 431 g/mol. The first-order chi connectivity index (χ1) is 15.5. The molecule has 166 valence electrons. The van der Waals surface area contributed by atoms with Crippen molar-refractivity contribution >= 4 is 11.7 Å². The molecule has 1 N–H and O–H groups in total. The van der Waals surface area contributed by atoms with E-state index in [1.165, 1.54) is 0 Å². The molecule has 2 aromatic heterocycles. The van der Waals surface area contributed by atoms with E-state index in [-0.39, 0.29) is 11.8 Å². The number of nitrogens with one attached hydrogen (secondary N) is 1. The summed E-state index contributed by atoms with van der Waals surface area (Å²) in [6.45, 7) is 6.21. The van der Waals surface area contributed by atoms with E-state index >= 15 is 0 Å². The standard InChI is InChI=1S/C25H29N5O2/c1-17-18(2)28-23(20-8-12-26-13-9-20)29-24(17)30-14-10-21(11-15-30)25(31)27-16-19-4-6-22(32-3)7-5-19/h4-9,12-13,21H,10-11,14-16H2,1-3H3,(H,27,31). The fourth-order valence-corrected chi connectivity index (χ4v) is 3.98. The highest BCUT2D eigenvalue weighted by Crippen LogP contribution is 2.28. The van der Waals surface area contributed by atoms with Gasteiger partial charge in [-0.1, -0.05) is 12.1 Å². The van der Waals surface area contributed by atoms with Crippen molar-refractivity contribution < 1.29 is 9.53 Å². The molecule has 32 heavy (non-hydrogen) atoms. The Hall–Kier alpha value is -3.48. The number of benzene rings is 1. The van der Waals surface area contributed by atoms with Gasteiger partial charge in [-0.2, -0.15) is 0 Å². The van der Waals surface area contributed by atoms with Crippen molar-refractivity contribution in [3.05, 3.63) is 65.6 Å². The van der Waals surface area contributed by atoms with E-state index in [4.69, 9.17) is 9.72 Å². The minimum absolute atomic E-state index is 0.0207. The third kappa shape index (κ3) is 4.88. The second-order valence-electron chi connectivity index (χ2n) is 8.14. The predicted molar refractivity (Wildman–Crippen MR) is 125 cm³/mol. The molecule has 0 radical (unpaired) electrons. The smallest absolute Gasteiger partial charge is 0.223 e. The van der Waals surface area contributed by atoms with Gasteiger partial charge < -0.3 is 15.0 Å². The SMILES string of the molecule is COc1ccc(CNC(=O)C2CCN(c3nc(-c4ccncc4)nc(C)c3C)CC2)cc1. The first-order valence-corrected chi connectivity index (χ1v) is 11.0. The highest BCUT2D eigenvalue weighted by atomic mass is 16.5. The molecule has 0 aliphatic carbocycles. The van der Waals surface area contributed by atoms with E-state index in [0.29, 0.717) is 12.4 Å². The van der Waals surface area contributed by atoms with Crippen LogP contribution in [0.15, 0.2) is 48.8 Å². The van der Waals surface area contributed by atoms with Gasteiger partial charge in [-0.3, -0.25) is 9.78 Å². The lowest BCUT2D eigenvalue weighted by atomic mass is 9.95. The Labute approximate surface area is 188 Å². The first kappa shape index (κ1) is 21.7. The number of piperidine rings is 1. The zero-order chi connectivity index (χ0) is 22.5. The van der Waals surface area contributed by atoms with Crippen LogP contribution in [0.4, 0.5) is 5.82 Å². The number of anilines is 1. The molecule has 0 unspecified atom stereocenters. The summed E-state index contributed by atoms with van der Waals surface area (Å²) < 4.78 is 5.18. The number of carbonyl (C=O) groups excluding carboxylic acids is 1. The van der Waals surface area contributed by atoms with Gasteiger partial charge in [-0.05, 0) is 56.5 Å². The van der Waals surface area contributed by atoms with E-state index in [1.54, 1.807) is 19.5 Å². The van der Waals surface area contributed by atoms with Crippen molar-refractivity contribution in [1.29, 1.82) is 0 Å². The Bertz CT molecular complexity index is 1060. The summed E-state index contributed by atoms with van der Waals surface area (Å²) in [6.07, 6.45) is 5.12. The van der Waals surface area contributed by atoms with Crippen molar-refractivity contribution in [3.8, 4) is 17.1 Å². The molecule has 4 rings (SSSR count). The number of carbonyl (C=O) groups is 1. The quantitative estimate of drug-likeness (QED) is 0.641. The normalized spacial score (nSPS) is 14.3. The molecule has 3 aromatic rings. The van der Waals surface area contributed by atoms with Crippen LogP contribution in [0.25, 0.3) is 11.4 Å². The number of methoxy groups -OCH3 is 1. The van der Waals surface area contributed by atoms with Crippen LogP contribution in [0.1, 0.15) is 29.7 Å². The largest absolute Gasteiger partial charge is 0.497 e. The minimum atomic E-state index is 0.0207. The first-order valence-electron chi connectivity index (χ1n) is 11.0. The van der Waals surface area contributed by atoms with Crippen molar-refractivity contribution in [3.63, 3.8) is 0 Å². The van der Waals surface area contributed by atoms with Crippen LogP contribution in [0.2, 0.25) is 0 Å². The molecule has 7 nitrogen and oxygen atoms in total. The van der Waals surface area contributed by atoms with E-state index in [9.17, 15) is 4.79 Å². The second-order valence-corrected chi connectivity index (χ2v) is 8.14. The van der Waals surface area contributed by atoms with Crippen LogP contribution < -0.4 is 15.0 Å². The number of amides is 1. The Balaban J connectivity index is 1.38. The summed E-state index contributed by atoms with van der Waals surface area (Å²) in [5, 5.41) is 3.08. The molecule has 3 heterocycles. The Morgan fingerprint density at radius 3 is 2.41 bits per heavy atom. The van der Waals surface area contributed by atoms with Crippen LogP contribution in [-0.4, -0.2) is 41.1 Å². The van der Waals surface area contributed by atoms with Gasteiger partial charge in [0.05, 0.1) is 7.11 Å². The van der Waals surface area contributed by atoms with Gasteiger partial charge in [0, 0.05) is 54.8 Å². The van der Waals surface area contributed by atoms with Crippen molar-refractivity contribution in [2.24, 2.45) is 5.92 Å². The third-order valence-corrected chi connectivity index (χ3v) is 6.09. The summed E-state index contributed by atoms with van der Waals surface area (Å²) >= 11 is 0. The molecule has 1 saturated heterocycles. The summed E-state index contributed by atoms with van der Waals surface area (Å²) in [7, 11) is 1.65. The van der Waals surface area contributed by atoms with Gasteiger partial charge in [0.15, 0.2) is 5.82 Å². The van der Waals surface area contributed by atoms with Gasteiger partial charge >= 0.3 is 0 Å². The highest BCUT2D eigenvalue weighted by molar-refractivity contribution is 5.79.